The minimum Gasteiger partial charge on any atom is -0.368 e. The second-order valence-corrected chi connectivity index (χ2v) is 9.01. The Morgan fingerprint density at radius 2 is 1.94 bits per heavy atom. The van der Waals surface area contributed by atoms with Crippen molar-refractivity contribution < 1.29 is 19.0 Å². The van der Waals surface area contributed by atoms with E-state index in [9.17, 15) is 14.3 Å². The summed E-state index contributed by atoms with van der Waals surface area (Å²) in [5, 5.41) is 14.2. The van der Waals surface area contributed by atoms with E-state index in [1.54, 1.807) is 0 Å². The highest BCUT2D eigenvalue weighted by atomic mass is 35.5. The van der Waals surface area contributed by atoms with E-state index < -0.39 is 12.1 Å². The quantitative estimate of drug-likeness (QED) is 0.490. The Hall–Kier alpha value is -2.41. The van der Waals surface area contributed by atoms with Crippen molar-refractivity contribution in [3.8, 4) is 0 Å². The Morgan fingerprint density at radius 3 is 2.62 bits per heavy atom. The molecule has 0 radical (unpaired) electrons. The number of aromatic nitrogens is 1. The minimum absolute atomic E-state index is 0.144. The molecule has 1 atom stereocenters. The maximum absolute atomic E-state index is 14.2. The van der Waals surface area contributed by atoms with Gasteiger partial charge in [0.1, 0.15) is 5.82 Å². The highest BCUT2D eigenvalue weighted by molar-refractivity contribution is 6.30. The van der Waals surface area contributed by atoms with Gasteiger partial charge in [0.15, 0.2) is 6.29 Å². The van der Waals surface area contributed by atoms with Crippen LogP contribution in [0.2, 0.25) is 5.02 Å². The molecule has 1 amide bonds. The summed E-state index contributed by atoms with van der Waals surface area (Å²) in [5.41, 5.74) is 2.09. The van der Waals surface area contributed by atoms with Gasteiger partial charge in [-0.25, -0.2) is 4.39 Å². The molecule has 4 rings (SSSR count). The Kier molecular flexibility index (Phi) is 7.13. The minimum atomic E-state index is -0.723. The third-order valence-electron chi connectivity index (χ3n) is 6.42. The third-order valence-corrected chi connectivity index (χ3v) is 6.68. The summed E-state index contributed by atoms with van der Waals surface area (Å²) in [6, 6.07) is 12.1. The number of nitrogens with zero attached hydrogens (tertiary/aromatic N) is 1. The molecule has 1 aliphatic rings. The molecular formula is C25H28ClFN2O3. The maximum atomic E-state index is 14.2. The van der Waals surface area contributed by atoms with E-state index >= 15 is 0 Å². The molecule has 0 bridgehead atoms. The van der Waals surface area contributed by atoms with Gasteiger partial charge >= 0.3 is 0 Å². The molecular weight excluding hydrogens is 431 g/mol. The molecule has 32 heavy (non-hydrogen) atoms. The van der Waals surface area contributed by atoms with Gasteiger partial charge in [-0.3, -0.25) is 4.79 Å². The Balaban J connectivity index is 1.47. The number of halogens is 2. The van der Waals surface area contributed by atoms with E-state index in [0.717, 1.165) is 31.2 Å². The smallest absolute Gasteiger partial charge is 0.253 e. The van der Waals surface area contributed by atoms with E-state index in [0.29, 0.717) is 40.5 Å². The fraction of sp³-hybridized carbons (Fsp3) is 0.400. The number of hydrogen-bond acceptors (Lipinski definition) is 3. The van der Waals surface area contributed by atoms with Gasteiger partial charge in [0.2, 0.25) is 0 Å². The predicted octanol–water partition coefficient (Wildman–Crippen LogP) is 4.98. The van der Waals surface area contributed by atoms with Crippen LogP contribution in [0.1, 0.15) is 41.6 Å². The number of ether oxygens (including phenoxy) is 1. The van der Waals surface area contributed by atoms with Gasteiger partial charge in [0.05, 0.1) is 11.1 Å². The lowest BCUT2D eigenvalue weighted by molar-refractivity contribution is -0.122. The molecule has 1 fully saturated rings. The summed E-state index contributed by atoms with van der Waals surface area (Å²) >= 11 is 5.98. The van der Waals surface area contributed by atoms with Crippen LogP contribution in [0.15, 0.2) is 48.7 Å². The van der Waals surface area contributed by atoms with Gasteiger partial charge in [-0.05, 0) is 67.5 Å². The van der Waals surface area contributed by atoms with Crippen LogP contribution in [0.5, 0.6) is 0 Å². The number of benzene rings is 2. The lowest BCUT2D eigenvalue weighted by Gasteiger charge is -2.30. The van der Waals surface area contributed by atoms with E-state index in [2.05, 4.69) is 5.32 Å². The number of aliphatic hydroxyl groups excluding tert-OH is 1. The van der Waals surface area contributed by atoms with Crippen molar-refractivity contribution >= 4 is 28.4 Å². The molecule has 7 heteroatoms. The summed E-state index contributed by atoms with van der Waals surface area (Å²) in [6.07, 6.45) is 4.71. The van der Waals surface area contributed by atoms with Crippen molar-refractivity contribution in [3.05, 3.63) is 70.6 Å². The second-order valence-electron chi connectivity index (χ2n) is 8.58. The van der Waals surface area contributed by atoms with Crippen molar-refractivity contribution in [1.29, 1.82) is 0 Å². The van der Waals surface area contributed by atoms with Crippen molar-refractivity contribution in [1.82, 2.24) is 9.88 Å². The van der Waals surface area contributed by atoms with Crippen LogP contribution in [0.3, 0.4) is 0 Å². The lowest BCUT2D eigenvalue weighted by Crippen LogP contribution is -2.34. The first kappa shape index (κ1) is 22.8. The first-order valence-corrected chi connectivity index (χ1v) is 11.3. The topological polar surface area (TPSA) is 63.5 Å². The number of amides is 1. The van der Waals surface area contributed by atoms with Crippen molar-refractivity contribution in [3.63, 3.8) is 0 Å². The SMILES string of the molecule is COC(O)C1CCC(CNC(=O)c2cc(F)cc3ccn(Cc4ccc(Cl)cc4)c23)CC1. The first-order chi connectivity index (χ1) is 15.4. The molecule has 170 valence electrons. The average Bonchev–Trinajstić information content (AvgIpc) is 3.20. The van der Waals surface area contributed by atoms with Gasteiger partial charge in [0, 0.05) is 42.7 Å². The van der Waals surface area contributed by atoms with Gasteiger partial charge in [0.25, 0.3) is 5.91 Å². The highest BCUT2D eigenvalue weighted by Crippen LogP contribution is 2.31. The summed E-state index contributed by atoms with van der Waals surface area (Å²) in [7, 11) is 1.51. The monoisotopic (exact) mass is 458 g/mol. The summed E-state index contributed by atoms with van der Waals surface area (Å²) < 4.78 is 21.2. The zero-order valence-electron chi connectivity index (χ0n) is 18.1. The number of rotatable bonds is 7. The van der Waals surface area contributed by atoms with Gasteiger partial charge in [-0.2, -0.15) is 0 Å². The molecule has 1 heterocycles. The zero-order valence-corrected chi connectivity index (χ0v) is 18.8. The fourth-order valence-electron chi connectivity index (χ4n) is 4.61. The van der Waals surface area contributed by atoms with Crippen LogP contribution in [0.25, 0.3) is 10.9 Å². The fourth-order valence-corrected chi connectivity index (χ4v) is 4.73. The van der Waals surface area contributed by atoms with Crippen molar-refractivity contribution in [2.24, 2.45) is 11.8 Å². The largest absolute Gasteiger partial charge is 0.368 e. The summed E-state index contributed by atoms with van der Waals surface area (Å²) in [6.45, 7) is 1.09. The summed E-state index contributed by atoms with van der Waals surface area (Å²) in [5.74, 6) is -0.222. The lowest BCUT2D eigenvalue weighted by atomic mass is 9.81. The van der Waals surface area contributed by atoms with Crippen LogP contribution in [-0.4, -0.2) is 35.5 Å². The molecule has 0 spiro atoms. The Morgan fingerprint density at radius 1 is 1.22 bits per heavy atom. The number of carbonyl (C=O) groups excluding carboxylic acids is 1. The van der Waals surface area contributed by atoms with E-state index in [-0.39, 0.29) is 11.8 Å². The molecule has 1 unspecified atom stereocenters. The number of aliphatic hydroxyl groups is 1. The maximum Gasteiger partial charge on any atom is 0.253 e. The van der Waals surface area contributed by atoms with Gasteiger partial charge in [-0.15, -0.1) is 0 Å². The number of hydrogen-bond donors (Lipinski definition) is 2. The van der Waals surface area contributed by atoms with Crippen LogP contribution in [-0.2, 0) is 11.3 Å². The van der Waals surface area contributed by atoms with E-state index in [4.69, 9.17) is 16.3 Å². The molecule has 1 saturated carbocycles. The highest BCUT2D eigenvalue weighted by Gasteiger charge is 2.27. The van der Waals surface area contributed by atoms with E-state index in [1.165, 1.54) is 19.2 Å². The zero-order chi connectivity index (χ0) is 22.7. The predicted molar refractivity (Wildman–Crippen MR) is 123 cm³/mol. The van der Waals surface area contributed by atoms with Crippen LogP contribution >= 0.6 is 11.6 Å². The van der Waals surface area contributed by atoms with Crippen LogP contribution in [0.4, 0.5) is 4.39 Å². The average molecular weight is 459 g/mol. The molecule has 2 N–H and O–H groups in total. The van der Waals surface area contributed by atoms with Gasteiger partial charge in [-0.1, -0.05) is 23.7 Å². The molecule has 3 aromatic rings. The molecule has 1 aliphatic carbocycles. The van der Waals surface area contributed by atoms with E-state index in [1.807, 2.05) is 41.1 Å². The number of methoxy groups -OCH3 is 1. The first-order valence-electron chi connectivity index (χ1n) is 11.0. The Bertz CT molecular complexity index is 1070. The number of nitrogens with one attached hydrogen (secondary N) is 1. The summed E-state index contributed by atoms with van der Waals surface area (Å²) in [4.78, 5) is 13.1. The van der Waals surface area contributed by atoms with Crippen LogP contribution in [0, 0.1) is 17.7 Å². The molecule has 2 aromatic carbocycles. The van der Waals surface area contributed by atoms with Crippen molar-refractivity contribution in [2.45, 2.75) is 38.5 Å². The normalized spacial score (nSPS) is 19.8. The molecule has 5 nitrogen and oxygen atoms in total. The number of fused-ring (bicyclic) bond motifs is 1. The van der Waals surface area contributed by atoms with Gasteiger partial charge < -0.3 is 19.7 Å². The standard InChI is InChI=1S/C25H28ClFN2O3/c1-32-25(31)18-6-2-16(3-7-18)14-28-24(30)22-13-21(27)12-19-10-11-29(23(19)22)15-17-4-8-20(26)9-5-17/h4-5,8-13,16,18,25,31H,2-3,6-7,14-15H2,1H3,(H,28,30). The molecule has 0 saturated heterocycles. The second kappa shape index (κ2) is 10.0. The Labute approximate surface area is 192 Å². The molecule has 0 aliphatic heterocycles. The number of carbonyl (C=O) groups is 1. The molecule has 1 aromatic heterocycles. The third kappa shape index (κ3) is 5.14. The van der Waals surface area contributed by atoms with Crippen molar-refractivity contribution in [2.75, 3.05) is 13.7 Å². The van der Waals surface area contributed by atoms with Crippen LogP contribution < -0.4 is 5.32 Å².